The van der Waals surface area contributed by atoms with Crippen LogP contribution in [0.2, 0.25) is 0 Å². The number of hydrogen-bond donors (Lipinski definition) is 2. The van der Waals surface area contributed by atoms with Crippen molar-refractivity contribution in [3.05, 3.63) is 74.5 Å². The van der Waals surface area contributed by atoms with Crippen molar-refractivity contribution < 1.29 is 9.84 Å². The van der Waals surface area contributed by atoms with Gasteiger partial charge in [-0.1, -0.05) is 51.5 Å². The monoisotopic (exact) mass is 393 g/mol. The molecule has 29 heavy (non-hydrogen) atoms. The Hall–Kier alpha value is -3.04. The summed E-state index contributed by atoms with van der Waals surface area (Å²) in [6.07, 6.45) is 1.52. The summed E-state index contributed by atoms with van der Waals surface area (Å²) in [6.45, 7) is 6.30. The van der Waals surface area contributed by atoms with Crippen LogP contribution in [0.1, 0.15) is 61.4 Å². The number of aromatic nitrogens is 1. The van der Waals surface area contributed by atoms with E-state index >= 15 is 0 Å². The number of aliphatic hydroxyl groups is 1. The topological polar surface area (TPSA) is 101 Å². The van der Waals surface area contributed by atoms with E-state index in [9.17, 15) is 15.2 Å². The highest BCUT2D eigenvalue weighted by Crippen LogP contribution is 2.40. The van der Waals surface area contributed by atoms with E-state index < -0.39 is 5.92 Å². The second-order valence-electron chi connectivity index (χ2n) is 7.59. The van der Waals surface area contributed by atoms with E-state index in [0.29, 0.717) is 23.7 Å². The fraction of sp³-hybridized carbons (Fsp3) is 0.391. The maximum atomic E-state index is 13.4. The zero-order valence-electron chi connectivity index (χ0n) is 17.1. The van der Waals surface area contributed by atoms with Gasteiger partial charge in [-0.3, -0.25) is 4.79 Å². The van der Waals surface area contributed by atoms with Gasteiger partial charge in [-0.25, -0.2) is 0 Å². The summed E-state index contributed by atoms with van der Waals surface area (Å²) in [5, 5.41) is 19.2. The standard InChI is InChI=1S/C23H27N3O3/c1-4-5-17-12-19-21(23(28)26(17)10-11-27)20(18(13-24)22(25)29-19)16-8-6-15(7-9-16)14(2)3/h6-9,12,14,20,27H,4-5,10-11,25H2,1-3H3. The molecule has 0 bridgehead atoms. The van der Waals surface area contributed by atoms with Gasteiger partial charge in [0.2, 0.25) is 5.88 Å². The van der Waals surface area contributed by atoms with Crippen molar-refractivity contribution in [3.63, 3.8) is 0 Å². The number of hydrogen-bond acceptors (Lipinski definition) is 5. The third-order valence-corrected chi connectivity index (χ3v) is 5.33. The molecule has 2 aromatic rings. The molecule has 1 aromatic heterocycles. The Kier molecular flexibility index (Phi) is 6.09. The van der Waals surface area contributed by atoms with Gasteiger partial charge in [0.15, 0.2) is 0 Å². The van der Waals surface area contributed by atoms with E-state index in [1.807, 2.05) is 37.3 Å². The Morgan fingerprint density at radius 1 is 1.31 bits per heavy atom. The summed E-state index contributed by atoms with van der Waals surface area (Å²) < 4.78 is 7.29. The van der Waals surface area contributed by atoms with Crippen LogP contribution in [-0.2, 0) is 13.0 Å². The van der Waals surface area contributed by atoms with E-state index in [0.717, 1.165) is 17.7 Å². The zero-order valence-corrected chi connectivity index (χ0v) is 17.1. The average Bonchev–Trinajstić information content (AvgIpc) is 2.70. The molecule has 1 aliphatic heterocycles. The predicted octanol–water partition coefficient (Wildman–Crippen LogP) is 3.13. The number of nitrogens with zero attached hydrogens (tertiary/aromatic N) is 2. The van der Waals surface area contributed by atoms with Gasteiger partial charge in [0, 0.05) is 18.3 Å². The lowest BCUT2D eigenvalue weighted by Gasteiger charge is -2.28. The van der Waals surface area contributed by atoms with Crippen molar-refractivity contribution in [1.29, 1.82) is 5.26 Å². The third kappa shape index (κ3) is 3.79. The molecule has 6 heteroatoms. The minimum Gasteiger partial charge on any atom is -0.440 e. The molecule has 1 unspecified atom stereocenters. The van der Waals surface area contributed by atoms with Crippen molar-refractivity contribution in [1.82, 2.24) is 4.57 Å². The van der Waals surface area contributed by atoms with Gasteiger partial charge < -0.3 is 20.1 Å². The molecule has 0 amide bonds. The second-order valence-corrected chi connectivity index (χ2v) is 7.59. The molecule has 3 N–H and O–H groups in total. The van der Waals surface area contributed by atoms with Crippen molar-refractivity contribution in [3.8, 4) is 11.8 Å². The fourth-order valence-corrected chi connectivity index (χ4v) is 3.83. The van der Waals surface area contributed by atoms with Crippen LogP contribution in [0.4, 0.5) is 0 Å². The number of allylic oxidation sites excluding steroid dienone is 1. The van der Waals surface area contributed by atoms with Gasteiger partial charge in [0.25, 0.3) is 5.56 Å². The summed E-state index contributed by atoms with van der Waals surface area (Å²) in [5.41, 5.74) is 9.21. The van der Waals surface area contributed by atoms with Gasteiger partial charge in [-0.05, 0) is 23.5 Å². The molecule has 0 saturated carbocycles. The Morgan fingerprint density at radius 2 is 2.00 bits per heavy atom. The van der Waals surface area contributed by atoms with Crippen LogP contribution in [0.15, 0.2) is 46.6 Å². The van der Waals surface area contributed by atoms with Crippen LogP contribution in [0, 0.1) is 11.3 Å². The molecule has 0 aliphatic carbocycles. The van der Waals surface area contributed by atoms with Crippen LogP contribution in [0.25, 0.3) is 0 Å². The largest absolute Gasteiger partial charge is 0.440 e. The van der Waals surface area contributed by atoms with Crippen LogP contribution in [0.3, 0.4) is 0 Å². The number of fused-ring (bicyclic) bond motifs is 1. The van der Waals surface area contributed by atoms with Crippen LogP contribution < -0.4 is 16.0 Å². The number of rotatable bonds is 6. The van der Waals surface area contributed by atoms with E-state index in [4.69, 9.17) is 10.5 Å². The summed E-state index contributed by atoms with van der Waals surface area (Å²) >= 11 is 0. The van der Waals surface area contributed by atoms with Gasteiger partial charge in [0.05, 0.1) is 18.1 Å². The van der Waals surface area contributed by atoms with Crippen molar-refractivity contribution >= 4 is 0 Å². The number of pyridine rings is 1. The molecule has 0 fully saturated rings. The van der Waals surface area contributed by atoms with Crippen LogP contribution >= 0.6 is 0 Å². The maximum absolute atomic E-state index is 13.4. The summed E-state index contributed by atoms with van der Waals surface area (Å²) in [5.74, 6) is 0.195. The molecular formula is C23H27N3O3. The second kappa shape index (κ2) is 8.54. The first kappa shape index (κ1) is 20.7. The van der Waals surface area contributed by atoms with Crippen LogP contribution in [-0.4, -0.2) is 16.3 Å². The lowest BCUT2D eigenvalue weighted by atomic mass is 9.83. The molecule has 6 nitrogen and oxygen atoms in total. The summed E-state index contributed by atoms with van der Waals surface area (Å²) in [6, 6.07) is 11.8. The normalized spacial score (nSPS) is 15.8. The molecule has 1 aromatic carbocycles. The Bertz CT molecular complexity index is 1030. The van der Waals surface area contributed by atoms with Gasteiger partial charge in [-0.15, -0.1) is 0 Å². The van der Waals surface area contributed by atoms with Gasteiger partial charge in [-0.2, -0.15) is 5.26 Å². The SMILES string of the molecule is CCCc1cc2c(c(=O)n1CCO)C(c1ccc(C(C)C)cc1)C(C#N)=C(N)O2. The van der Waals surface area contributed by atoms with E-state index in [1.165, 1.54) is 5.56 Å². The first-order valence-corrected chi connectivity index (χ1v) is 9.97. The first-order chi connectivity index (χ1) is 13.9. The van der Waals surface area contributed by atoms with E-state index in [1.54, 1.807) is 4.57 Å². The lowest BCUT2D eigenvalue weighted by molar-refractivity contribution is 0.271. The molecule has 2 heterocycles. The number of aliphatic hydroxyl groups excluding tert-OH is 1. The summed E-state index contributed by atoms with van der Waals surface area (Å²) in [7, 11) is 0. The Labute approximate surface area is 170 Å². The highest BCUT2D eigenvalue weighted by atomic mass is 16.5. The average molecular weight is 393 g/mol. The van der Waals surface area contributed by atoms with Crippen molar-refractivity contribution in [2.24, 2.45) is 5.73 Å². The molecule has 1 aliphatic rings. The fourth-order valence-electron chi connectivity index (χ4n) is 3.83. The van der Waals surface area contributed by atoms with E-state index in [2.05, 4.69) is 19.9 Å². The third-order valence-electron chi connectivity index (χ3n) is 5.33. The van der Waals surface area contributed by atoms with Crippen molar-refractivity contribution in [2.45, 2.75) is 52.0 Å². The predicted molar refractivity (Wildman–Crippen MR) is 112 cm³/mol. The highest BCUT2D eigenvalue weighted by Gasteiger charge is 2.34. The minimum atomic E-state index is -0.599. The number of nitriles is 1. The quantitative estimate of drug-likeness (QED) is 0.785. The Morgan fingerprint density at radius 3 is 2.55 bits per heavy atom. The molecule has 152 valence electrons. The molecule has 0 radical (unpaired) electrons. The Balaban J connectivity index is 2.25. The molecule has 3 rings (SSSR count). The molecule has 1 atom stereocenters. The minimum absolute atomic E-state index is 0.0275. The number of ether oxygens (including phenoxy) is 1. The number of aryl methyl sites for hydroxylation is 1. The van der Waals surface area contributed by atoms with Gasteiger partial charge in [0.1, 0.15) is 17.4 Å². The van der Waals surface area contributed by atoms with E-state index in [-0.39, 0.29) is 30.2 Å². The molecular weight excluding hydrogens is 366 g/mol. The van der Waals surface area contributed by atoms with Gasteiger partial charge >= 0.3 is 0 Å². The summed E-state index contributed by atoms with van der Waals surface area (Å²) in [4.78, 5) is 13.4. The molecule has 0 saturated heterocycles. The lowest BCUT2D eigenvalue weighted by Crippen LogP contribution is -2.34. The number of benzene rings is 1. The molecule has 0 spiro atoms. The highest BCUT2D eigenvalue weighted by molar-refractivity contribution is 5.55. The maximum Gasteiger partial charge on any atom is 0.258 e. The zero-order chi connectivity index (χ0) is 21.1. The van der Waals surface area contributed by atoms with Crippen molar-refractivity contribution in [2.75, 3.05) is 6.61 Å². The first-order valence-electron chi connectivity index (χ1n) is 9.97. The van der Waals surface area contributed by atoms with Crippen LogP contribution in [0.5, 0.6) is 5.75 Å². The smallest absolute Gasteiger partial charge is 0.258 e. The number of nitrogens with two attached hydrogens (primary N) is 1.